The number of esters is 1. The highest BCUT2D eigenvalue weighted by Gasteiger charge is 2.25. The first-order valence-electron chi connectivity index (χ1n) is 12.3. The molecule has 0 saturated carbocycles. The highest BCUT2D eigenvalue weighted by Crippen LogP contribution is 2.16. The van der Waals surface area contributed by atoms with Gasteiger partial charge in [0.15, 0.2) is 0 Å². The van der Waals surface area contributed by atoms with Crippen LogP contribution in [-0.4, -0.2) is 55.3 Å². The number of rotatable bonds is 13. The van der Waals surface area contributed by atoms with Crippen LogP contribution in [-0.2, 0) is 27.2 Å². The zero-order valence-electron chi connectivity index (χ0n) is 22.2. The minimum absolute atomic E-state index is 0.0863. The Hall–Kier alpha value is -2.35. The van der Waals surface area contributed by atoms with Crippen molar-refractivity contribution in [1.82, 2.24) is 5.32 Å². The molecule has 2 aromatic carbocycles. The molecule has 0 fully saturated rings. The van der Waals surface area contributed by atoms with Crippen molar-refractivity contribution >= 4 is 40.8 Å². The van der Waals surface area contributed by atoms with Crippen LogP contribution >= 0.6 is 23.2 Å². The smallest absolute Gasteiger partial charge is 0.328 e. The van der Waals surface area contributed by atoms with Gasteiger partial charge in [0.05, 0.1) is 18.1 Å². The number of hydrogen-bond donors (Lipinski definition) is 2. The van der Waals surface area contributed by atoms with Crippen LogP contribution in [0.4, 0.5) is 10.1 Å². The summed E-state index contributed by atoms with van der Waals surface area (Å²) in [5.41, 5.74) is 7.54. The van der Waals surface area contributed by atoms with E-state index in [-0.39, 0.29) is 25.1 Å². The van der Waals surface area contributed by atoms with Crippen molar-refractivity contribution in [3.8, 4) is 0 Å². The van der Waals surface area contributed by atoms with Crippen LogP contribution in [0.25, 0.3) is 0 Å². The first kappa shape index (κ1) is 21.2. The number of ether oxygens (including phenoxy) is 1. The van der Waals surface area contributed by atoms with Crippen molar-refractivity contribution in [2.45, 2.75) is 31.8 Å². The number of benzene rings is 2. The van der Waals surface area contributed by atoms with Gasteiger partial charge in [0, 0.05) is 36.9 Å². The predicted molar refractivity (Wildman–Crippen MR) is 130 cm³/mol. The monoisotopic (exact) mass is 501 g/mol. The minimum atomic E-state index is -2.22. The lowest BCUT2D eigenvalue weighted by Crippen LogP contribution is -2.50. The number of amides is 1. The SMILES string of the molecule is [2H]C([2H])(CCl)N(c1ccc(CC(N)C(=O)NC(Cc2ccc(F)cc2)C(=O)OCC)cc1)C([2H])([2H])CCl. The van der Waals surface area contributed by atoms with E-state index in [0.717, 1.165) is 4.90 Å². The van der Waals surface area contributed by atoms with Gasteiger partial charge >= 0.3 is 5.97 Å². The average molecular weight is 502 g/mol. The number of alkyl halides is 2. The van der Waals surface area contributed by atoms with Crippen LogP contribution < -0.4 is 16.0 Å². The van der Waals surface area contributed by atoms with Gasteiger partial charge in [-0.1, -0.05) is 24.3 Å². The largest absolute Gasteiger partial charge is 0.464 e. The molecule has 0 radical (unpaired) electrons. The Balaban J connectivity index is 2.13. The number of hydrogen-bond acceptors (Lipinski definition) is 5. The van der Waals surface area contributed by atoms with Gasteiger partial charge in [-0.2, -0.15) is 0 Å². The summed E-state index contributed by atoms with van der Waals surface area (Å²) in [5.74, 6) is -2.64. The van der Waals surface area contributed by atoms with Crippen molar-refractivity contribution in [1.29, 1.82) is 0 Å². The third-order valence-corrected chi connectivity index (χ3v) is 4.90. The Morgan fingerprint density at radius 3 is 2.15 bits per heavy atom. The van der Waals surface area contributed by atoms with Crippen LogP contribution in [0.1, 0.15) is 23.5 Å². The minimum Gasteiger partial charge on any atom is -0.464 e. The van der Waals surface area contributed by atoms with Gasteiger partial charge in [-0.3, -0.25) is 4.79 Å². The van der Waals surface area contributed by atoms with Gasteiger partial charge in [0.2, 0.25) is 5.91 Å². The third-order valence-electron chi connectivity index (χ3n) is 4.66. The van der Waals surface area contributed by atoms with E-state index in [9.17, 15) is 14.0 Å². The Kier molecular flexibility index (Phi) is 9.01. The van der Waals surface area contributed by atoms with Gasteiger partial charge in [0.1, 0.15) is 11.9 Å². The van der Waals surface area contributed by atoms with E-state index in [0.29, 0.717) is 11.1 Å². The fourth-order valence-electron chi connectivity index (χ4n) is 3.06. The molecule has 2 atom stereocenters. The molecule has 33 heavy (non-hydrogen) atoms. The molecule has 0 aromatic heterocycles. The number of carbonyl (C=O) groups excluding carboxylic acids is 2. The lowest BCUT2D eigenvalue weighted by molar-refractivity contribution is -0.147. The lowest BCUT2D eigenvalue weighted by atomic mass is 10.0. The van der Waals surface area contributed by atoms with Crippen LogP contribution in [0.15, 0.2) is 48.5 Å². The number of carbonyl (C=O) groups is 2. The summed E-state index contributed by atoms with van der Waals surface area (Å²) < 4.78 is 50.7. The maximum absolute atomic E-state index is 13.2. The van der Waals surface area contributed by atoms with Gasteiger partial charge < -0.3 is 20.7 Å². The van der Waals surface area contributed by atoms with Crippen molar-refractivity contribution < 1.29 is 24.2 Å². The Labute approximate surface area is 209 Å². The summed E-state index contributed by atoms with van der Waals surface area (Å²) >= 11 is 11.5. The molecule has 0 aliphatic rings. The van der Waals surface area contributed by atoms with E-state index < -0.39 is 54.5 Å². The first-order chi connectivity index (χ1) is 17.3. The molecule has 180 valence electrons. The van der Waals surface area contributed by atoms with Gasteiger partial charge in [-0.15, -0.1) is 23.2 Å². The molecule has 6 nitrogen and oxygen atoms in total. The van der Waals surface area contributed by atoms with Crippen molar-refractivity contribution in [3.63, 3.8) is 0 Å². The predicted octanol–water partition coefficient (Wildman–Crippen LogP) is 3.27. The normalized spacial score (nSPS) is 15.3. The highest BCUT2D eigenvalue weighted by molar-refractivity contribution is 6.18. The maximum atomic E-state index is 13.2. The second-order valence-corrected chi connectivity index (χ2v) is 7.57. The average Bonchev–Trinajstić information content (AvgIpc) is 2.85. The molecule has 0 aliphatic carbocycles. The van der Waals surface area contributed by atoms with E-state index in [1.165, 1.54) is 36.4 Å². The van der Waals surface area contributed by atoms with E-state index in [4.69, 9.17) is 39.2 Å². The lowest BCUT2D eigenvalue weighted by Gasteiger charge is -2.23. The molecule has 2 unspecified atom stereocenters. The van der Waals surface area contributed by atoms with E-state index in [2.05, 4.69) is 5.32 Å². The Morgan fingerprint density at radius 1 is 1.06 bits per heavy atom. The molecule has 0 aliphatic heterocycles. The molecule has 0 spiro atoms. The third kappa shape index (κ3) is 8.84. The van der Waals surface area contributed by atoms with Gasteiger partial charge in [-0.25, -0.2) is 9.18 Å². The fourth-order valence-corrected chi connectivity index (χ4v) is 3.30. The molecule has 0 bridgehead atoms. The Bertz CT molecular complexity index is 1030. The molecule has 3 N–H and O–H groups in total. The molecule has 0 saturated heterocycles. The summed E-state index contributed by atoms with van der Waals surface area (Å²) in [4.78, 5) is 26.1. The fraction of sp³-hybridized carbons (Fsp3) is 0.417. The van der Waals surface area contributed by atoms with Gasteiger partial charge in [0.25, 0.3) is 0 Å². The van der Waals surface area contributed by atoms with E-state index in [1.807, 2.05) is 0 Å². The number of nitrogens with one attached hydrogen (secondary N) is 1. The van der Waals surface area contributed by atoms with Crippen LogP contribution in [0.3, 0.4) is 0 Å². The number of nitrogens with zero attached hydrogens (tertiary/aromatic N) is 1. The number of halogens is 3. The van der Waals surface area contributed by atoms with Crippen LogP contribution in [0.5, 0.6) is 0 Å². The molecule has 9 heteroatoms. The summed E-state index contributed by atoms with van der Waals surface area (Å²) in [6.45, 7) is -2.68. The second-order valence-electron chi connectivity index (χ2n) is 7.04. The topological polar surface area (TPSA) is 84.7 Å². The summed E-state index contributed by atoms with van der Waals surface area (Å²) in [5, 5.41) is 2.60. The van der Waals surface area contributed by atoms with Crippen LogP contribution in [0.2, 0.25) is 0 Å². The Morgan fingerprint density at radius 2 is 1.61 bits per heavy atom. The quantitative estimate of drug-likeness (QED) is 0.325. The van der Waals surface area contributed by atoms with E-state index in [1.54, 1.807) is 19.1 Å². The zero-order valence-corrected chi connectivity index (χ0v) is 19.7. The second kappa shape index (κ2) is 14.0. The first-order valence-corrected chi connectivity index (χ1v) is 11.4. The zero-order chi connectivity index (χ0) is 27.8. The molecule has 2 rings (SSSR count). The molecule has 1 amide bonds. The number of nitrogens with two attached hydrogens (primary N) is 1. The van der Waals surface area contributed by atoms with E-state index >= 15 is 0 Å². The van der Waals surface area contributed by atoms with Crippen molar-refractivity contribution in [3.05, 3.63) is 65.5 Å². The van der Waals surface area contributed by atoms with Crippen LogP contribution in [0, 0.1) is 5.82 Å². The summed E-state index contributed by atoms with van der Waals surface area (Å²) in [6, 6.07) is 9.65. The molecular weight excluding hydrogens is 468 g/mol. The summed E-state index contributed by atoms with van der Waals surface area (Å²) in [7, 11) is 0. The summed E-state index contributed by atoms with van der Waals surface area (Å²) in [6.07, 6.45) is 0.177. The number of anilines is 1. The highest BCUT2D eigenvalue weighted by atomic mass is 35.5. The standard InChI is InChI=1S/C24H30Cl2FN3O3/c1-2-33-24(32)22(16-18-3-7-19(27)8-4-18)29-23(31)21(28)15-17-5-9-20(10-6-17)30(13-11-25)14-12-26/h3-10,21-22H,2,11-16,28H2,1H3,(H,29,31)/i13D2,14D2. The molecule has 2 aromatic rings. The van der Waals surface area contributed by atoms with Crippen molar-refractivity contribution in [2.24, 2.45) is 5.73 Å². The molecule has 0 heterocycles. The molecular formula is C24H30Cl2FN3O3. The maximum Gasteiger partial charge on any atom is 0.328 e. The van der Waals surface area contributed by atoms with Gasteiger partial charge in [-0.05, 0) is 48.7 Å². The van der Waals surface area contributed by atoms with Crippen molar-refractivity contribution in [2.75, 3.05) is 36.3 Å².